The largest absolute Gasteiger partial charge is 0.495 e. The van der Waals surface area contributed by atoms with Crippen molar-refractivity contribution in [1.29, 1.82) is 0 Å². The highest BCUT2D eigenvalue weighted by Gasteiger charge is 2.41. The number of hydrogen-bond acceptors (Lipinski definition) is 5. The van der Waals surface area contributed by atoms with Gasteiger partial charge >= 0.3 is 0 Å². The molecular formula is C27H25N3O4. The van der Waals surface area contributed by atoms with E-state index in [1.165, 1.54) is 11.8 Å². The molecule has 3 aromatic carbocycles. The van der Waals surface area contributed by atoms with Crippen molar-refractivity contribution in [2.45, 2.75) is 20.8 Å². The number of rotatable bonds is 6. The number of para-hydroxylation sites is 2. The summed E-state index contributed by atoms with van der Waals surface area (Å²) in [5.74, 6) is -0.534. The summed E-state index contributed by atoms with van der Waals surface area (Å²) in [4.78, 5) is 40.0. The summed E-state index contributed by atoms with van der Waals surface area (Å²) in [6.45, 7) is 5.20. The molecule has 1 aliphatic heterocycles. The predicted octanol–water partition coefficient (Wildman–Crippen LogP) is 4.67. The van der Waals surface area contributed by atoms with Crippen LogP contribution in [0.4, 0.5) is 17.1 Å². The van der Waals surface area contributed by atoms with Gasteiger partial charge in [-0.2, -0.15) is 0 Å². The van der Waals surface area contributed by atoms with E-state index < -0.39 is 11.8 Å². The second kappa shape index (κ2) is 9.23. The van der Waals surface area contributed by atoms with Crippen molar-refractivity contribution in [3.05, 3.63) is 89.1 Å². The lowest BCUT2D eigenvalue weighted by molar-refractivity contribution is -0.120. The number of nitrogens with one attached hydrogen (secondary N) is 2. The summed E-state index contributed by atoms with van der Waals surface area (Å²) in [6, 6.07) is 19.7. The molecule has 0 fully saturated rings. The van der Waals surface area contributed by atoms with E-state index in [2.05, 4.69) is 10.6 Å². The average Bonchev–Trinajstić information content (AvgIpc) is 3.05. The van der Waals surface area contributed by atoms with Gasteiger partial charge in [0.25, 0.3) is 11.8 Å². The molecule has 0 saturated carbocycles. The molecule has 0 spiro atoms. The zero-order valence-electron chi connectivity index (χ0n) is 19.4. The molecule has 0 radical (unpaired) electrons. The molecule has 0 saturated heterocycles. The van der Waals surface area contributed by atoms with E-state index in [9.17, 15) is 14.4 Å². The van der Waals surface area contributed by atoms with Gasteiger partial charge in [0.2, 0.25) is 5.91 Å². The molecule has 172 valence electrons. The van der Waals surface area contributed by atoms with E-state index in [-0.39, 0.29) is 17.2 Å². The van der Waals surface area contributed by atoms with Crippen LogP contribution in [0.2, 0.25) is 0 Å². The van der Waals surface area contributed by atoms with E-state index in [1.54, 1.807) is 43.5 Å². The highest BCUT2D eigenvalue weighted by atomic mass is 16.5. The highest BCUT2D eigenvalue weighted by Crippen LogP contribution is 2.37. The van der Waals surface area contributed by atoms with Crippen molar-refractivity contribution < 1.29 is 19.1 Å². The van der Waals surface area contributed by atoms with Gasteiger partial charge in [0, 0.05) is 12.6 Å². The van der Waals surface area contributed by atoms with Crippen LogP contribution in [0.25, 0.3) is 5.57 Å². The quantitative estimate of drug-likeness (QED) is 0.528. The van der Waals surface area contributed by atoms with Crippen molar-refractivity contribution in [3.63, 3.8) is 0 Å². The maximum atomic E-state index is 13.7. The fourth-order valence-corrected chi connectivity index (χ4v) is 3.90. The van der Waals surface area contributed by atoms with Gasteiger partial charge < -0.3 is 15.4 Å². The Hall–Kier alpha value is -4.39. The van der Waals surface area contributed by atoms with E-state index in [4.69, 9.17) is 4.74 Å². The summed E-state index contributed by atoms with van der Waals surface area (Å²) in [6.07, 6.45) is 0. The number of benzene rings is 3. The third-order valence-corrected chi connectivity index (χ3v) is 5.55. The van der Waals surface area contributed by atoms with Gasteiger partial charge in [-0.1, -0.05) is 36.4 Å². The molecule has 0 aromatic heterocycles. The summed E-state index contributed by atoms with van der Waals surface area (Å²) in [5, 5.41) is 5.85. The summed E-state index contributed by atoms with van der Waals surface area (Å²) in [7, 11) is 1.54. The van der Waals surface area contributed by atoms with Crippen LogP contribution in [-0.4, -0.2) is 24.8 Å². The maximum Gasteiger partial charge on any atom is 0.282 e. The normalized spacial score (nSPS) is 13.4. The summed E-state index contributed by atoms with van der Waals surface area (Å²) < 4.78 is 5.42. The van der Waals surface area contributed by atoms with Crippen LogP contribution in [0.5, 0.6) is 5.75 Å². The van der Waals surface area contributed by atoms with Gasteiger partial charge in [0.15, 0.2) is 0 Å². The topological polar surface area (TPSA) is 87.7 Å². The molecular weight excluding hydrogens is 430 g/mol. The molecule has 0 aliphatic carbocycles. The van der Waals surface area contributed by atoms with Crippen LogP contribution in [0, 0.1) is 13.8 Å². The first-order valence-corrected chi connectivity index (χ1v) is 10.8. The zero-order chi connectivity index (χ0) is 24.4. The van der Waals surface area contributed by atoms with Crippen molar-refractivity contribution in [2.24, 2.45) is 0 Å². The molecule has 3 aromatic rings. The Morgan fingerprint density at radius 1 is 0.912 bits per heavy atom. The number of methoxy groups -OCH3 is 1. The predicted molar refractivity (Wildman–Crippen MR) is 133 cm³/mol. The third kappa shape index (κ3) is 4.28. The number of ether oxygens (including phenoxy) is 1. The minimum absolute atomic E-state index is 0.155. The smallest absolute Gasteiger partial charge is 0.282 e. The Labute approximate surface area is 198 Å². The second-order valence-corrected chi connectivity index (χ2v) is 8.07. The SMILES string of the molecule is COc1ccccc1NC1=C(c2ccc(NC(C)=O)cc2)C(=O)N(c2cc(C)ccc2C)C1=O. The standard InChI is InChI=1S/C27H25N3O4/c1-16-9-10-17(2)22(15-16)30-26(32)24(19-11-13-20(14-12-19)28-18(3)31)25(27(30)33)29-21-7-5-6-8-23(21)34-4/h5-15,29H,1-4H3,(H,28,31). The van der Waals surface area contributed by atoms with Gasteiger partial charge in [0.05, 0.1) is 24.1 Å². The van der Waals surface area contributed by atoms with E-state index in [1.807, 2.05) is 44.2 Å². The molecule has 7 heteroatoms. The summed E-state index contributed by atoms with van der Waals surface area (Å²) in [5.41, 5.74) is 4.40. The fourth-order valence-electron chi connectivity index (χ4n) is 3.90. The van der Waals surface area contributed by atoms with Crippen LogP contribution in [0.3, 0.4) is 0 Å². The Kier molecular flexibility index (Phi) is 6.19. The molecule has 0 unspecified atom stereocenters. The Morgan fingerprint density at radius 2 is 1.62 bits per heavy atom. The molecule has 3 amide bonds. The molecule has 0 atom stereocenters. The number of amides is 3. The first kappa shape index (κ1) is 22.8. The van der Waals surface area contributed by atoms with Crippen LogP contribution >= 0.6 is 0 Å². The number of nitrogens with zero attached hydrogens (tertiary/aromatic N) is 1. The number of anilines is 3. The van der Waals surface area contributed by atoms with Gasteiger partial charge in [-0.25, -0.2) is 4.90 Å². The van der Waals surface area contributed by atoms with E-state index in [0.717, 1.165) is 11.1 Å². The first-order valence-electron chi connectivity index (χ1n) is 10.8. The molecule has 2 N–H and O–H groups in total. The monoisotopic (exact) mass is 455 g/mol. The fraction of sp³-hybridized carbons (Fsp3) is 0.148. The minimum atomic E-state index is -0.453. The van der Waals surface area contributed by atoms with Crippen LogP contribution in [-0.2, 0) is 14.4 Å². The molecule has 4 rings (SSSR count). The van der Waals surface area contributed by atoms with Gasteiger partial charge in [-0.05, 0) is 60.9 Å². The lowest BCUT2D eigenvalue weighted by Crippen LogP contribution is -2.33. The Morgan fingerprint density at radius 3 is 2.29 bits per heavy atom. The molecule has 1 heterocycles. The van der Waals surface area contributed by atoms with Crippen molar-refractivity contribution in [2.75, 3.05) is 22.6 Å². The highest BCUT2D eigenvalue weighted by molar-refractivity contribution is 6.46. The van der Waals surface area contributed by atoms with E-state index in [0.29, 0.717) is 28.4 Å². The van der Waals surface area contributed by atoms with Gasteiger partial charge in [-0.3, -0.25) is 14.4 Å². The molecule has 0 bridgehead atoms. The molecule has 1 aliphatic rings. The summed E-state index contributed by atoms with van der Waals surface area (Å²) >= 11 is 0. The van der Waals surface area contributed by atoms with Gasteiger partial charge in [0.1, 0.15) is 11.4 Å². The zero-order valence-corrected chi connectivity index (χ0v) is 19.4. The van der Waals surface area contributed by atoms with Crippen molar-refractivity contribution >= 4 is 40.4 Å². The van der Waals surface area contributed by atoms with Crippen LogP contribution in [0.1, 0.15) is 23.6 Å². The van der Waals surface area contributed by atoms with Gasteiger partial charge in [-0.15, -0.1) is 0 Å². The van der Waals surface area contributed by atoms with Crippen molar-refractivity contribution in [1.82, 2.24) is 0 Å². The van der Waals surface area contributed by atoms with Crippen molar-refractivity contribution in [3.8, 4) is 5.75 Å². The van der Waals surface area contributed by atoms with Crippen LogP contribution in [0.15, 0.2) is 72.4 Å². The number of imide groups is 1. The Bertz CT molecular complexity index is 1330. The molecule has 34 heavy (non-hydrogen) atoms. The number of carbonyl (C=O) groups is 3. The first-order chi connectivity index (χ1) is 16.3. The number of carbonyl (C=O) groups excluding carboxylic acids is 3. The Balaban J connectivity index is 1.84. The van der Waals surface area contributed by atoms with Crippen LogP contribution < -0.4 is 20.3 Å². The average molecular weight is 456 g/mol. The number of aryl methyl sites for hydroxylation is 2. The minimum Gasteiger partial charge on any atom is -0.495 e. The lowest BCUT2D eigenvalue weighted by atomic mass is 10.0. The molecule has 7 nitrogen and oxygen atoms in total. The number of hydrogen-bond donors (Lipinski definition) is 2. The maximum absolute atomic E-state index is 13.7. The lowest BCUT2D eigenvalue weighted by Gasteiger charge is -2.18. The second-order valence-electron chi connectivity index (χ2n) is 8.07. The van der Waals surface area contributed by atoms with E-state index >= 15 is 0 Å². The third-order valence-electron chi connectivity index (χ3n) is 5.55.